The SMILES string of the molecule is O=C(NCCSCc1ccc(Cl)c(Cl)c1)C1CCCN(S(=O)(=O)Cc2ccc(Cl)c(Cl)c2)C1. The molecule has 0 bridgehead atoms. The van der Waals surface area contributed by atoms with E-state index in [1.54, 1.807) is 36.0 Å². The number of carbonyl (C=O) groups is 1. The minimum absolute atomic E-state index is 0.112. The van der Waals surface area contributed by atoms with Crippen molar-refractivity contribution in [2.24, 2.45) is 5.92 Å². The summed E-state index contributed by atoms with van der Waals surface area (Å²) >= 11 is 25.5. The van der Waals surface area contributed by atoms with E-state index in [1.165, 1.54) is 4.31 Å². The molecule has 180 valence electrons. The first kappa shape index (κ1) is 26.9. The Kier molecular flexibility index (Phi) is 10.1. The van der Waals surface area contributed by atoms with E-state index in [-0.39, 0.29) is 24.1 Å². The third kappa shape index (κ3) is 7.92. The van der Waals surface area contributed by atoms with Crippen LogP contribution < -0.4 is 5.32 Å². The van der Waals surface area contributed by atoms with E-state index in [0.29, 0.717) is 51.6 Å². The van der Waals surface area contributed by atoms with E-state index >= 15 is 0 Å². The van der Waals surface area contributed by atoms with Crippen molar-refractivity contribution in [1.29, 1.82) is 0 Å². The lowest BCUT2D eigenvalue weighted by molar-refractivity contribution is -0.125. The van der Waals surface area contributed by atoms with Crippen LogP contribution in [0.5, 0.6) is 0 Å². The average molecular weight is 570 g/mol. The van der Waals surface area contributed by atoms with Gasteiger partial charge in [-0.05, 0) is 48.2 Å². The highest BCUT2D eigenvalue weighted by molar-refractivity contribution is 7.98. The van der Waals surface area contributed by atoms with Crippen molar-refractivity contribution in [2.75, 3.05) is 25.4 Å². The molecule has 1 amide bonds. The second kappa shape index (κ2) is 12.3. The summed E-state index contributed by atoms with van der Waals surface area (Å²) in [5, 5.41) is 4.68. The first-order valence-corrected chi connectivity index (χ1v) is 14.6. The summed E-state index contributed by atoms with van der Waals surface area (Å²) in [5.41, 5.74) is 1.63. The molecular weight excluding hydrogens is 546 g/mol. The number of carbonyl (C=O) groups excluding carboxylic acids is 1. The predicted molar refractivity (Wildman–Crippen MR) is 139 cm³/mol. The first-order valence-electron chi connectivity index (χ1n) is 10.4. The summed E-state index contributed by atoms with van der Waals surface area (Å²) in [4.78, 5) is 12.6. The molecule has 3 rings (SSSR count). The molecule has 1 saturated heterocycles. The molecule has 11 heteroatoms. The van der Waals surface area contributed by atoms with Crippen LogP contribution in [0.2, 0.25) is 20.1 Å². The fourth-order valence-corrected chi connectivity index (χ4v) is 6.60. The fourth-order valence-electron chi connectivity index (χ4n) is 3.55. The van der Waals surface area contributed by atoms with Gasteiger partial charge in [-0.1, -0.05) is 58.5 Å². The number of benzene rings is 2. The third-order valence-electron chi connectivity index (χ3n) is 5.28. The Morgan fingerprint density at radius 3 is 2.30 bits per heavy atom. The minimum atomic E-state index is -3.57. The summed E-state index contributed by atoms with van der Waals surface area (Å²) in [6.45, 7) is 1.11. The average Bonchev–Trinajstić information content (AvgIpc) is 2.78. The molecule has 0 aromatic heterocycles. The van der Waals surface area contributed by atoms with Gasteiger partial charge in [0.15, 0.2) is 0 Å². The predicted octanol–water partition coefficient (Wildman–Crippen LogP) is 5.89. The largest absolute Gasteiger partial charge is 0.355 e. The Hall–Kier alpha value is -0.670. The summed E-state index contributed by atoms with van der Waals surface area (Å²) in [6.07, 6.45) is 1.31. The van der Waals surface area contributed by atoms with Gasteiger partial charge in [0, 0.05) is 31.1 Å². The number of halogens is 4. The Balaban J connectivity index is 1.45. The van der Waals surface area contributed by atoms with Crippen molar-refractivity contribution in [3.8, 4) is 0 Å². The summed E-state index contributed by atoms with van der Waals surface area (Å²) in [6, 6.07) is 10.3. The van der Waals surface area contributed by atoms with Gasteiger partial charge in [-0.3, -0.25) is 4.79 Å². The minimum Gasteiger partial charge on any atom is -0.355 e. The Bertz CT molecular complexity index is 1100. The quantitative estimate of drug-likeness (QED) is 0.382. The number of sulfonamides is 1. The van der Waals surface area contributed by atoms with Gasteiger partial charge in [-0.25, -0.2) is 12.7 Å². The van der Waals surface area contributed by atoms with Crippen LogP contribution in [0.15, 0.2) is 36.4 Å². The molecule has 1 unspecified atom stereocenters. The first-order chi connectivity index (χ1) is 15.7. The van der Waals surface area contributed by atoms with Crippen LogP contribution in [0.25, 0.3) is 0 Å². The summed E-state index contributed by atoms with van der Waals surface area (Å²) in [5.74, 6) is 0.848. The molecule has 0 radical (unpaired) electrons. The monoisotopic (exact) mass is 568 g/mol. The zero-order valence-corrected chi connectivity index (χ0v) is 22.4. The zero-order chi connectivity index (χ0) is 24.0. The second-order valence-corrected chi connectivity index (χ2v) is 12.5. The summed E-state index contributed by atoms with van der Waals surface area (Å²) in [7, 11) is -3.57. The van der Waals surface area contributed by atoms with Gasteiger partial charge >= 0.3 is 0 Å². The van der Waals surface area contributed by atoms with Crippen molar-refractivity contribution >= 4 is 74.1 Å². The molecule has 0 saturated carbocycles. The highest BCUT2D eigenvalue weighted by atomic mass is 35.5. The third-order valence-corrected chi connectivity index (χ3v) is 9.60. The van der Waals surface area contributed by atoms with E-state index in [9.17, 15) is 13.2 Å². The van der Waals surface area contributed by atoms with Crippen molar-refractivity contribution < 1.29 is 13.2 Å². The maximum atomic E-state index is 12.9. The zero-order valence-electron chi connectivity index (χ0n) is 17.7. The molecule has 2 aromatic rings. The number of nitrogens with one attached hydrogen (secondary N) is 1. The van der Waals surface area contributed by atoms with Crippen molar-refractivity contribution in [2.45, 2.75) is 24.3 Å². The van der Waals surface area contributed by atoms with Gasteiger partial charge in [-0.2, -0.15) is 11.8 Å². The number of thioether (sulfide) groups is 1. The van der Waals surface area contributed by atoms with Crippen LogP contribution in [-0.2, 0) is 26.3 Å². The molecular formula is C22H24Cl4N2O3S2. The molecule has 1 aliphatic rings. The highest BCUT2D eigenvalue weighted by Gasteiger charge is 2.32. The normalized spacial score (nSPS) is 17.2. The van der Waals surface area contributed by atoms with Crippen LogP contribution >= 0.6 is 58.2 Å². The molecule has 2 aromatic carbocycles. The van der Waals surface area contributed by atoms with Crippen molar-refractivity contribution in [3.05, 3.63) is 67.6 Å². The number of rotatable bonds is 9. The van der Waals surface area contributed by atoms with Gasteiger partial charge in [0.1, 0.15) is 0 Å². The van der Waals surface area contributed by atoms with Crippen LogP contribution in [0.1, 0.15) is 24.0 Å². The molecule has 5 nitrogen and oxygen atoms in total. The molecule has 1 heterocycles. The molecule has 0 spiro atoms. The van der Waals surface area contributed by atoms with Gasteiger partial charge < -0.3 is 5.32 Å². The van der Waals surface area contributed by atoms with Gasteiger partial charge in [0.05, 0.1) is 31.8 Å². The van der Waals surface area contributed by atoms with Gasteiger partial charge in [-0.15, -0.1) is 0 Å². The number of amides is 1. The molecule has 0 aliphatic carbocycles. The summed E-state index contributed by atoms with van der Waals surface area (Å²) < 4.78 is 27.2. The number of piperidine rings is 1. The fraction of sp³-hybridized carbons (Fsp3) is 0.409. The van der Waals surface area contributed by atoms with E-state index < -0.39 is 10.0 Å². The standard InChI is InChI=1S/C22H24Cl4N2O3S2/c23-18-5-3-15(10-20(18)25)13-32-9-7-27-22(29)17-2-1-8-28(12-17)33(30,31)14-16-4-6-19(24)21(26)11-16/h3-6,10-11,17H,1-2,7-9,12-14H2,(H,27,29). The number of hydrogen-bond acceptors (Lipinski definition) is 4. The van der Waals surface area contributed by atoms with Crippen LogP contribution in [-0.4, -0.2) is 44.0 Å². The molecule has 1 N–H and O–H groups in total. The Morgan fingerprint density at radius 2 is 1.64 bits per heavy atom. The van der Waals surface area contributed by atoms with E-state index in [2.05, 4.69) is 5.32 Å². The molecule has 1 aliphatic heterocycles. The maximum absolute atomic E-state index is 12.9. The van der Waals surface area contributed by atoms with Crippen molar-refractivity contribution in [1.82, 2.24) is 9.62 Å². The van der Waals surface area contributed by atoms with E-state index in [4.69, 9.17) is 46.4 Å². The second-order valence-electron chi connectivity index (χ2n) is 7.79. The number of nitrogens with zero attached hydrogens (tertiary/aromatic N) is 1. The van der Waals surface area contributed by atoms with Crippen LogP contribution in [0.4, 0.5) is 0 Å². The van der Waals surface area contributed by atoms with Crippen LogP contribution in [0.3, 0.4) is 0 Å². The smallest absolute Gasteiger partial charge is 0.224 e. The van der Waals surface area contributed by atoms with E-state index in [1.807, 2.05) is 12.1 Å². The van der Waals surface area contributed by atoms with E-state index in [0.717, 1.165) is 17.1 Å². The van der Waals surface area contributed by atoms with Crippen molar-refractivity contribution in [3.63, 3.8) is 0 Å². The highest BCUT2D eigenvalue weighted by Crippen LogP contribution is 2.27. The number of hydrogen-bond donors (Lipinski definition) is 1. The maximum Gasteiger partial charge on any atom is 0.224 e. The Morgan fingerprint density at radius 1 is 1.00 bits per heavy atom. The lowest BCUT2D eigenvalue weighted by atomic mass is 9.99. The Labute approximate surface area is 219 Å². The van der Waals surface area contributed by atoms with Gasteiger partial charge in [0.2, 0.25) is 15.9 Å². The molecule has 1 fully saturated rings. The van der Waals surface area contributed by atoms with Gasteiger partial charge in [0.25, 0.3) is 0 Å². The lowest BCUT2D eigenvalue weighted by Gasteiger charge is -2.31. The lowest BCUT2D eigenvalue weighted by Crippen LogP contribution is -2.46. The molecule has 33 heavy (non-hydrogen) atoms. The topological polar surface area (TPSA) is 66.5 Å². The molecule has 1 atom stereocenters. The van der Waals surface area contributed by atoms with Crippen LogP contribution in [0, 0.1) is 5.92 Å².